The van der Waals surface area contributed by atoms with Crippen molar-refractivity contribution in [2.75, 3.05) is 0 Å². The summed E-state index contributed by atoms with van der Waals surface area (Å²) in [6, 6.07) is 2.78. The van der Waals surface area contributed by atoms with Gasteiger partial charge in [0.1, 0.15) is 0 Å². The van der Waals surface area contributed by atoms with Crippen LogP contribution >= 0.6 is 0 Å². The first kappa shape index (κ1) is 7.96. The van der Waals surface area contributed by atoms with Crippen LogP contribution in [0.2, 0.25) is 0 Å². The van der Waals surface area contributed by atoms with Gasteiger partial charge in [-0.1, -0.05) is 0 Å². The van der Waals surface area contributed by atoms with E-state index in [1.807, 2.05) is 0 Å². The van der Waals surface area contributed by atoms with Gasteiger partial charge in [-0.2, -0.15) is 0 Å². The third kappa shape index (κ3) is 2.96. The first-order chi connectivity index (χ1) is 5.08. The molecule has 60 valence electrons. The minimum Gasteiger partial charge on any atom is -0.716 e. The fourth-order valence-corrected chi connectivity index (χ4v) is 0.849. The molecule has 0 saturated heterocycles. The largest absolute Gasteiger partial charge is 0.716 e. The lowest BCUT2D eigenvalue weighted by Crippen LogP contribution is -2.06. The third-order valence-electron chi connectivity index (χ3n) is 0.833. The van der Waals surface area contributed by atoms with Gasteiger partial charge >= 0.3 is 0 Å². The number of nitrogens with zero attached hydrogens (tertiary/aromatic N) is 1. The average Bonchev–Trinajstić information content (AvgIpc) is 1.85. The van der Waals surface area contributed by atoms with Crippen molar-refractivity contribution in [3.63, 3.8) is 0 Å². The van der Waals surface area contributed by atoms with Crippen molar-refractivity contribution >= 4 is 10.4 Å². The van der Waals surface area contributed by atoms with Crippen LogP contribution in [0.5, 0.6) is 5.75 Å². The molecule has 1 aromatic heterocycles. The van der Waals surface area contributed by atoms with Crippen molar-refractivity contribution in [2.24, 2.45) is 0 Å². The standard InChI is InChI=1S/C5H5NO4S/c7-11(8,9)10-5-2-1-3-6-4-5/h1-4H,(H,7,8,9)/p-1. The Kier molecular flexibility index (Phi) is 2.06. The fourth-order valence-electron chi connectivity index (χ4n) is 0.514. The number of pyridine rings is 1. The highest BCUT2D eigenvalue weighted by Gasteiger charge is 1.95. The van der Waals surface area contributed by atoms with E-state index in [0.717, 1.165) is 6.20 Å². The Balaban J connectivity index is 2.82. The molecule has 0 N–H and O–H groups in total. The van der Waals surface area contributed by atoms with Crippen LogP contribution in [0.3, 0.4) is 0 Å². The molecule has 11 heavy (non-hydrogen) atoms. The van der Waals surface area contributed by atoms with E-state index in [2.05, 4.69) is 9.17 Å². The molecule has 0 bridgehead atoms. The maximum atomic E-state index is 10.00. The van der Waals surface area contributed by atoms with E-state index in [1.54, 1.807) is 0 Å². The monoisotopic (exact) mass is 174 g/mol. The van der Waals surface area contributed by atoms with Crippen LogP contribution in [-0.2, 0) is 10.4 Å². The van der Waals surface area contributed by atoms with Crippen molar-refractivity contribution in [3.8, 4) is 5.75 Å². The highest BCUT2D eigenvalue weighted by molar-refractivity contribution is 7.81. The molecule has 0 aliphatic heterocycles. The zero-order valence-corrected chi connectivity index (χ0v) is 6.11. The summed E-state index contributed by atoms with van der Waals surface area (Å²) in [5.41, 5.74) is 0. The van der Waals surface area contributed by atoms with Gasteiger partial charge in [-0.25, -0.2) is 8.42 Å². The van der Waals surface area contributed by atoms with Gasteiger partial charge in [0.15, 0.2) is 5.75 Å². The summed E-state index contributed by atoms with van der Waals surface area (Å²) in [7, 11) is -4.67. The van der Waals surface area contributed by atoms with Gasteiger partial charge in [0.2, 0.25) is 0 Å². The molecular formula is C5H4NO4S-. The van der Waals surface area contributed by atoms with Gasteiger partial charge in [-0.3, -0.25) is 4.98 Å². The summed E-state index contributed by atoms with van der Waals surface area (Å²) >= 11 is 0. The van der Waals surface area contributed by atoms with Gasteiger partial charge < -0.3 is 8.74 Å². The van der Waals surface area contributed by atoms with Crippen molar-refractivity contribution in [3.05, 3.63) is 24.5 Å². The lowest BCUT2D eigenvalue weighted by atomic mass is 10.5. The zero-order valence-electron chi connectivity index (χ0n) is 5.30. The minimum absolute atomic E-state index is 0.0810. The van der Waals surface area contributed by atoms with E-state index in [1.165, 1.54) is 18.3 Å². The second kappa shape index (κ2) is 2.85. The first-order valence-electron chi connectivity index (χ1n) is 2.63. The van der Waals surface area contributed by atoms with E-state index >= 15 is 0 Å². The van der Waals surface area contributed by atoms with E-state index in [0.29, 0.717) is 0 Å². The maximum Gasteiger partial charge on any atom is 0.262 e. The number of hydrogen-bond donors (Lipinski definition) is 0. The summed E-state index contributed by atoms with van der Waals surface area (Å²) in [5.74, 6) is -0.0810. The van der Waals surface area contributed by atoms with Gasteiger partial charge in [0.05, 0.1) is 6.20 Å². The smallest absolute Gasteiger partial charge is 0.262 e. The summed E-state index contributed by atoms with van der Waals surface area (Å²) in [6.45, 7) is 0. The fraction of sp³-hybridized carbons (Fsp3) is 0. The normalized spacial score (nSPS) is 11.0. The van der Waals surface area contributed by atoms with E-state index in [9.17, 15) is 13.0 Å². The number of aromatic nitrogens is 1. The number of rotatable bonds is 2. The van der Waals surface area contributed by atoms with Crippen LogP contribution in [0, 0.1) is 0 Å². The molecule has 0 aromatic carbocycles. The molecule has 0 atom stereocenters. The summed E-state index contributed by atoms with van der Waals surface area (Å²) in [4.78, 5) is 3.54. The summed E-state index contributed by atoms with van der Waals surface area (Å²) < 4.78 is 33.9. The van der Waals surface area contributed by atoms with Crippen LogP contribution < -0.4 is 4.18 Å². The Morgan fingerprint density at radius 1 is 1.55 bits per heavy atom. The zero-order chi connectivity index (χ0) is 8.32. The predicted molar refractivity (Wildman–Crippen MR) is 34.6 cm³/mol. The molecule has 0 fully saturated rings. The molecule has 0 unspecified atom stereocenters. The van der Waals surface area contributed by atoms with Gasteiger partial charge in [0, 0.05) is 6.20 Å². The topological polar surface area (TPSA) is 79.3 Å². The molecule has 5 nitrogen and oxygen atoms in total. The second-order valence-electron chi connectivity index (χ2n) is 1.68. The van der Waals surface area contributed by atoms with Crippen LogP contribution in [0.15, 0.2) is 24.5 Å². The molecular weight excluding hydrogens is 170 g/mol. The maximum absolute atomic E-state index is 10.00. The van der Waals surface area contributed by atoms with Gasteiger partial charge in [-0.05, 0) is 12.1 Å². The molecule has 1 aromatic rings. The van der Waals surface area contributed by atoms with Crippen LogP contribution in [-0.4, -0.2) is 18.0 Å². The Morgan fingerprint density at radius 2 is 2.27 bits per heavy atom. The highest BCUT2D eigenvalue weighted by atomic mass is 32.3. The molecule has 0 radical (unpaired) electrons. The SMILES string of the molecule is O=S(=O)([O-])Oc1cccnc1. The Morgan fingerprint density at radius 3 is 2.73 bits per heavy atom. The minimum atomic E-state index is -4.67. The molecule has 6 heteroatoms. The quantitative estimate of drug-likeness (QED) is 0.462. The first-order valence-corrected chi connectivity index (χ1v) is 3.96. The van der Waals surface area contributed by atoms with E-state index in [-0.39, 0.29) is 5.75 Å². The summed E-state index contributed by atoms with van der Waals surface area (Å²) in [5, 5.41) is 0. The Labute approximate surface area is 63.6 Å². The summed E-state index contributed by atoms with van der Waals surface area (Å²) in [6.07, 6.45) is 2.57. The molecule has 0 saturated carbocycles. The molecule has 0 aliphatic carbocycles. The van der Waals surface area contributed by atoms with Crippen molar-refractivity contribution < 1.29 is 17.2 Å². The van der Waals surface area contributed by atoms with Gasteiger partial charge in [0.25, 0.3) is 10.4 Å². The molecule has 0 amide bonds. The molecule has 1 heterocycles. The van der Waals surface area contributed by atoms with E-state index < -0.39 is 10.4 Å². The Hall–Kier alpha value is -1.14. The van der Waals surface area contributed by atoms with E-state index in [4.69, 9.17) is 0 Å². The van der Waals surface area contributed by atoms with Crippen molar-refractivity contribution in [1.82, 2.24) is 4.98 Å². The Bertz CT molecular complexity index is 320. The average molecular weight is 174 g/mol. The van der Waals surface area contributed by atoms with Crippen molar-refractivity contribution in [1.29, 1.82) is 0 Å². The predicted octanol–water partition coefficient (Wildman–Crippen LogP) is -0.0794. The third-order valence-corrected chi connectivity index (χ3v) is 1.23. The van der Waals surface area contributed by atoms with Crippen molar-refractivity contribution in [2.45, 2.75) is 0 Å². The molecule has 1 rings (SSSR count). The van der Waals surface area contributed by atoms with Crippen LogP contribution in [0.25, 0.3) is 0 Å². The molecule has 0 aliphatic rings. The van der Waals surface area contributed by atoms with Gasteiger partial charge in [-0.15, -0.1) is 0 Å². The van der Waals surface area contributed by atoms with Crippen LogP contribution in [0.4, 0.5) is 0 Å². The van der Waals surface area contributed by atoms with Crippen LogP contribution in [0.1, 0.15) is 0 Å². The number of hydrogen-bond acceptors (Lipinski definition) is 5. The lowest BCUT2D eigenvalue weighted by Gasteiger charge is -2.06. The second-order valence-corrected chi connectivity index (χ2v) is 2.66. The highest BCUT2D eigenvalue weighted by Crippen LogP contribution is 2.07. The molecule has 0 spiro atoms. The lowest BCUT2D eigenvalue weighted by molar-refractivity contribution is 0.372.